The van der Waals surface area contributed by atoms with Crippen molar-refractivity contribution in [2.75, 3.05) is 40.3 Å². The summed E-state index contributed by atoms with van der Waals surface area (Å²) in [5.41, 5.74) is 0.473. The summed E-state index contributed by atoms with van der Waals surface area (Å²) in [6, 6.07) is 6.18. The summed E-state index contributed by atoms with van der Waals surface area (Å²) in [5, 5.41) is 2.81. The lowest BCUT2D eigenvalue weighted by atomic mass is 10.2. The average molecular weight is 376 g/mol. The lowest BCUT2D eigenvalue weighted by Crippen LogP contribution is -2.35. The van der Waals surface area contributed by atoms with Crippen LogP contribution in [0.2, 0.25) is 0 Å². The van der Waals surface area contributed by atoms with Crippen molar-refractivity contribution in [2.45, 2.75) is 24.2 Å². The van der Waals surface area contributed by atoms with Crippen LogP contribution in [0.4, 0.5) is 0 Å². The van der Waals surface area contributed by atoms with E-state index in [1.54, 1.807) is 12.1 Å². The first-order chi connectivity index (χ1) is 10.9. The molecule has 6 nitrogen and oxygen atoms in total. The predicted octanol–water partition coefficient (Wildman–Crippen LogP) is 1.57. The Morgan fingerprint density at radius 3 is 2.25 bits per heavy atom. The quantitative estimate of drug-likeness (QED) is 0.819. The highest BCUT2D eigenvalue weighted by Gasteiger charge is 2.25. The second kappa shape index (κ2) is 9.36. The van der Waals surface area contributed by atoms with Crippen LogP contribution in [-0.4, -0.2) is 63.8 Å². The maximum absolute atomic E-state index is 12.5. The molecule has 8 heteroatoms. The average Bonchev–Trinajstić information content (AvgIpc) is 2.55. The Labute approximate surface area is 150 Å². The van der Waals surface area contributed by atoms with Crippen LogP contribution in [0, 0.1) is 0 Å². The van der Waals surface area contributed by atoms with E-state index in [0.29, 0.717) is 25.2 Å². The Balaban J connectivity index is 0.00000288. The van der Waals surface area contributed by atoms with Gasteiger partial charge in [0.2, 0.25) is 10.0 Å². The first-order valence-electron chi connectivity index (χ1n) is 7.94. The lowest BCUT2D eigenvalue weighted by molar-refractivity contribution is 0.0951. The van der Waals surface area contributed by atoms with Crippen molar-refractivity contribution >= 4 is 28.3 Å². The number of likely N-dealkylation sites (N-methyl/N-ethyl adjacent to an activating group) is 1. The number of amides is 1. The summed E-state index contributed by atoms with van der Waals surface area (Å²) in [6.45, 7) is 2.47. The molecule has 1 N–H and O–H groups in total. The molecular formula is C16H26ClN3O3S. The number of rotatable bonds is 6. The first-order valence-corrected chi connectivity index (χ1v) is 9.38. The first kappa shape index (κ1) is 20.9. The summed E-state index contributed by atoms with van der Waals surface area (Å²) in [6.07, 6.45) is 2.90. The lowest BCUT2D eigenvalue weighted by Gasteiger charge is -2.25. The van der Waals surface area contributed by atoms with E-state index in [2.05, 4.69) is 5.32 Å². The zero-order chi connectivity index (χ0) is 16.9. The van der Waals surface area contributed by atoms with E-state index in [4.69, 9.17) is 0 Å². The number of nitrogens with zero attached hydrogens (tertiary/aromatic N) is 2. The van der Waals surface area contributed by atoms with Gasteiger partial charge in [-0.25, -0.2) is 8.42 Å². The molecule has 1 amide bonds. The molecule has 2 rings (SSSR count). The minimum absolute atomic E-state index is 0. The zero-order valence-corrected chi connectivity index (χ0v) is 15.8. The van der Waals surface area contributed by atoms with Gasteiger partial charge in [0.15, 0.2) is 0 Å². The molecule has 0 aromatic heterocycles. The number of nitrogens with one attached hydrogen (secondary N) is 1. The van der Waals surface area contributed by atoms with Crippen molar-refractivity contribution in [1.29, 1.82) is 0 Å². The number of piperidine rings is 1. The normalized spacial score (nSPS) is 15.8. The van der Waals surface area contributed by atoms with Gasteiger partial charge in [0, 0.05) is 31.7 Å². The highest BCUT2D eigenvalue weighted by atomic mass is 35.5. The van der Waals surface area contributed by atoms with E-state index in [0.717, 1.165) is 25.8 Å². The molecular weight excluding hydrogens is 350 g/mol. The van der Waals surface area contributed by atoms with Gasteiger partial charge in [0.1, 0.15) is 0 Å². The molecule has 0 saturated carbocycles. The number of hydrogen-bond acceptors (Lipinski definition) is 4. The molecule has 1 aromatic carbocycles. The molecule has 0 atom stereocenters. The van der Waals surface area contributed by atoms with Crippen molar-refractivity contribution in [3.63, 3.8) is 0 Å². The number of hydrogen-bond donors (Lipinski definition) is 1. The van der Waals surface area contributed by atoms with Crippen LogP contribution in [0.25, 0.3) is 0 Å². The maximum atomic E-state index is 12.5. The molecule has 0 unspecified atom stereocenters. The molecule has 1 heterocycles. The van der Waals surface area contributed by atoms with E-state index in [1.165, 1.54) is 16.4 Å². The minimum atomic E-state index is -3.44. The molecule has 1 aliphatic rings. The molecule has 1 fully saturated rings. The number of halogens is 1. The van der Waals surface area contributed by atoms with Gasteiger partial charge in [-0.1, -0.05) is 6.42 Å². The fraction of sp³-hybridized carbons (Fsp3) is 0.562. The minimum Gasteiger partial charge on any atom is -0.351 e. The van der Waals surface area contributed by atoms with Crippen molar-refractivity contribution in [1.82, 2.24) is 14.5 Å². The van der Waals surface area contributed by atoms with Crippen LogP contribution in [0.3, 0.4) is 0 Å². The Bertz CT molecular complexity index is 626. The van der Waals surface area contributed by atoms with Crippen molar-refractivity contribution in [2.24, 2.45) is 0 Å². The van der Waals surface area contributed by atoms with Crippen LogP contribution < -0.4 is 5.32 Å². The summed E-state index contributed by atoms with van der Waals surface area (Å²) in [7, 11) is 0.436. The topological polar surface area (TPSA) is 69.7 Å². The smallest absolute Gasteiger partial charge is 0.251 e. The Hall–Kier alpha value is -1.15. The van der Waals surface area contributed by atoms with Crippen LogP contribution in [0.15, 0.2) is 29.2 Å². The van der Waals surface area contributed by atoms with E-state index in [9.17, 15) is 13.2 Å². The SMILES string of the molecule is CN(C)CCNC(=O)c1ccc(S(=O)(=O)N2CCCCC2)cc1.Cl. The van der Waals surface area contributed by atoms with E-state index in [1.807, 2.05) is 19.0 Å². The highest BCUT2D eigenvalue weighted by molar-refractivity contribution is 7.89. The molecule has 136 valence electrons. The molecule has 0 radical (unpaired) electrons. The van der Waals surface area contributed by atoms with Crippen LogP contribution in [0.5, 0.6) is 0 Å². The number of carbonyl (C=O) groups is 1. The van der Waals surface area contributed by atoms with Crippen molar-refractivity contribution in [3.8, 4) is 0 Å². The number of sulfonamides is 1. The largest absolute Gasteiger partial charge is 0.351 e. The van der Waals surface area contributed by atoms with Gasteiger partial charge in [-0.3, -0.25) is 4.79 Å². The van der Waals surface area contributed by atoms with E-state index < -0.39 is 10.0 Å². The fourth-order valence-electron chi connectivity index (χ4n) is 2.53. The van der Waals surface area contributed by atoms with Gasteiger partial charge in [-0.05, 0) is 51.2 Å². The monoisotopic (exact) mass is 375 g/mol. The van der Waals surface area contributed by atoms with Gasteiger partial charge in [-0.15, -0.1) is 12.4 Å². The summed E-state index contributed by atoms with van der Waals surface area (Å²) in [4.78, 5) is 14.2. The van der Waals surface area contributed by atoms with Crippen LogP contribution >= 0.6 is 12.4 Å². The number of carbonyl (C=O) groups excluding carboxylic acids is 1. The summed E-state index contributed by atoms with van der Waals surface area (Å²) in [5.74, 6) is -0.186. The Morgan fingerprint density at radius 1 is 1.12 bits per heavy atom. The Kier molecular flexibility index (Phi) is 8.15. The second-order valence-electron chi connectivity index (χ2n) is 6.05. The summed E-state index contributed by atoms with van der Waals surface area (Å²) < 4.78 is 26.6. The molecule has 1 saturated heterocycles. The van der Waals surface area contributed by atoms with Crippen LogP contribution in [0.1, 0.15) is 29.6 Å². The molecule has 24 heavy (non-hydrogen) atoms. The van der Waals surface area contributed by atoms with Crippen LogP contribution in [-0.2, 0) is 10.0 Å². The molecule has 1 aliphatic heterocycles. The fourth-order valence-corrected chi connectivity index (χ4v) is 4.04. The predicted molar refractivity (Wildman–Crippen MR) is 97.2 cm³/mol. The zero-order valence-electron chi connectivity index (χ0n) is 14.2. The Morgan fingerprint density at radius 2 is 1.71 bits per heavy atom. The van der Waals surface area contributed by atoms with Crippen molar-refractivity contribution in [3.05, 3.63) is 29.8 Å². The molecule has 1 aromatic rings. The molecule has 0 bridgehead atoms. The van der Waals surface area contributed by atoms with Crippen molar-refractivity contribution < 1.29 is 13.2 Å². The van der Waals surface area contributed by atoms with Gasteiger partial charge in [-0.2, -0.15) is 4.31 Å². The number of benzene rings is 1. The van der Waals surface area contributed by atoms with Gasteiger partial charge < -0.3 is 10.2 Å². The van der Waals surface area contributed by atoms with E-state index in [-0.39, 0.29) is 23.2 Å². The standard InChI is InChI=1S/C16H25N3O3S.ClH/c1-18(2)13-10-17-16(20)14-6-8-15(9-7-14)23(21,22)19-11-4-3-5-12-19;/h6-9H,3-5,10-13H2,1-2H3,(H,17,20);1H. The third-order valence-corrected chi connectivity index (χ3v) is 5.83. The highest BCUT2D eigenvalue weighted by Crippen LogP contribution is 2.20. The van der Waals surface area contributed by atoms with Gasteiger partial charge in [0.25, 0.3) is 5.91 Å². The van der Waals surface area contributed by atoms with Gasteiger partial charge >= 0.3 is 0 Å². The molecule has 0 aliphatic carbocycles. The third-order valence-electron chi connectivity index (χ3n) is 3.91. The van der Waals surface area contributed by atoms with E-state index >= 15 is 0 Å². The maximum Gasteiger partial charge on any atom is 0.251 e. The molecule has 0 spiro atoms. The van der Waals surface area contributed by atoms with Gasteiger partial charge in [0.05, 0.1) is 4.90 Å². The second-order valence-corrected chi connectivity index (χ2v) is 7.99. The third kappa shape index (κ3) is 5.44. The summed E-state index contributed by atoms with van der Waals surface area (Å²) >= 11 is 0.